The number of nitrogens with zero attached hydrogens (tertiary/aromatic N) is 3. The van der Waals surface area contributed by atoms with Crippen molar-refractivity contribution in [2.24, 2.45) is 0 Å². The molecule has 3 heterocycles. The highest BCUT2D eigenvalue weighted by molar-refractivity contribution is 7.71. The summed E-state index contributed by atoms with van der Waals surface area (Å²) in [5.74, 6) is 0.549. The lowest BCUT2D eigenvalue weighted by atomic mass is 10.1. The summed E-state index contributed by atoms with van der Waals surface area (Å²) in [6.07, 6.45) is 5.56. The molecule has 0 aliphatic heterocycles. The second-order valence-corrected chi connectivity index (χ2v) is 8.36. The molecule has 1 aliphatic carbocycles. The van der Waals surface area contributed by atoms with E-state index in [0.29, 0.717) is 10.5 Å². The van der Waals surface area contributed by atoms with Crippen molar-refractivity contribution in [2.45, 2.75) is 39.0 Å². The number of aromatic amines is 1. The third kappa shape index (κ3) is 2.23. The summed E-state index contributed by atoms with van der Waals surface area (Å²) in [5.41, 5.74) is 3.19. The Kier molecular flexibility index (Phi) is 3.62. The maximum absolute atomic E-state index is 13.6. The molecule has 0 radical (unpaired) electrons. The van der Waals surface area contributed by atoms with Gasteiger partial charge in [-0.2, -0.15) is 0 Å². The first-order valence-corrected chi connectivity index (χ1v) is 10.1. The number of aryl methyl sites for hydroxylation is 3. The Labute approximate surface area is 158 Å². The SMILES string of the molecule is Cc1ccc(-n2c(=O)c3c4c(sc3n3c(=S)[nH]nc23)CCCCC4)cc1. The molecule has 0 spiro atoms. The van der Waals surface area contributed by atoms with Crippen LogP contribution in [0.25, 0.3) is 21.7 Å². The van der Waals surface area contributed by atoms with Crippen LogP contribution in [0.1, 0.15) is 35.3 Å². The highest BCUT2D eigenvalue weighted by Gasteiger charge is 2.23. The number of thiophene rings is 1. The van der Waals surface area contributed by atoms with Gasteiger partial charge in [-0.05, 0) is 62.5 Å². The van der Waals surface area contributed by atoms with Crippen molar-refractivity contribution in [1.82, 2.24) is 19.2 Å². The van der Waals surface area contributed by atoms with Crippen molar-refractivity contribution in [3.05, 3.63) is 55.4 Å². The summed E-state index contributed by atoms with van der Waals surface area (Å²) in [4.78, 5) is 15.8. The average Bonchev–Trinajstić information content (AvgIpc) is 3.09. The van der Waals surface area contributed by atoms with Crippen molar-refractivity contribution in [2.75, 3.05) is 0 Å². The molecule has 3 aromatic heterocycles. The van der Waals surface area contributed by atoms with Crippen LogP contribution in [-0.4, -0.2) is 19.2 Å². The predicted molar refractivity (Wildman–Crippen MR) is 107 cm³/mol. The molecule has 4 aromatic rings. The number of hydrogen-bond donors (Lipinski definition) is 1. The zero-order valence-electron chi connectivity index (χ0n) is 14.4. The number of aromatic nitrogens is 4. The standard InChI is InChI=1S/C19H18N4OS2/c1-11-7-9-12(10-8-11)22-16(24)15-13-5-3-2-4-6-14(13)26-17(15)23-18(22)20-21-19(23)25/h7-10H,2-6H2,1H3,(H,21,25). The van der Waals surface area contributed by atoms with E-state index in [0.717, 1.165) is 40.7 Å². The topological polar surface area (TPSA) is 55.1 Å². The maximum atomic E-state index is 13.6. The molecule has 132 valence electrons. The zero-order chi connectivity index (χ0) is 17.8. The van der Waals surface area contributed by atoms with Crippen molar-refractivity contribution < 1.29 is 0 Å². The Bertz CT molecular complexity index is 1260. The Morgan fingerprint density at radius 3 is 2.73 bits per heavy atom. The molecule has 0 saturated carbocycles. The molecular formula is C19H18N4OS2. The number of H-pyrrole nitrogens is 1. The van der Waals surface area contributed by atoms with Gasteiger partial charge in [-0.25, -0.2) is 14.1 Å². The normalized spacial score (nSPS) is 14.7. The Hall–Kier alpha value is -2.25. The van der Waals surface area contributed by atoms with Crippen LogP contribution in [0.2, 0.25) is 0 Å². The highest BCUT2D eigenvalue weighted by atomic mass is 32.1. The van der Waals surface area contributed by atoms with E-state index in [1.165, 1.54) is 23.3 Å². The van der Waals surface area contributed by atoms with Crippen LogP contribution >= 0.6 is 23.6 Å². The number of nitrogens with one attached hydrogen (secondary N) is 1. The fraction of sp³-hybridized carbons (Fsp3) is 0.316. The van der Waals surface area contributed by atoms with Crippen LogP contribution in [0, 0.1) is 11.7 Å². The summed E-state index contributed by atoms with van der Waals surface area (Å²) in [6.45, 7) is 2.04. The molecule has 0 amide bonds. The lowest BCUT2D eigenvalue weighted by molar-refractivity contribution is 0.713. The molecular weight excluding hydrogens is 364 g/mol. The van der Waals surface area contributed by atoms with E-state index in [-0.39, 0.29) is 5.56 Å². The quantitative estimate of drug-likeness (QED) is 0.394. The van der Waals surface area contributed by atoms with E-state index in [1.807, 2.05) is 35.6 Å². The van der Waals surface area contributed by atoms with Crippen molar-refractivity contribution in [3.63, 3.8) is 0 Å². The third-order valence-corrected chi connectivity index (χ3v) is 6.72. The number of hydrogen-bond acceptors (Lipinski definition) is 4. The fourth-order valence-electron chi connectivity index (χ4n) is 3.86. The number of benzene rings is 1. The van der Waals surface area contributed by atoms with Crippen LogP contribution < -0.4 is 5.56 Å². The van der Waals surface area contributed by atoms with E-state index in [4.69, 9.17) is 12.2 Å². The van der Waals surface area contributed by atoms with Crippen LogP contribution in [0.4, 0.5) is 0 Å². The summed E-state index contributed by atoms with van der Waals surface area (Å²) in [6, 6.07) is 7.95. The zero-order valence-corrected chi connectivity index (χ0v) is 16.0. The molecule has 0 saturated heterocycles. The Balaban J connectivity index is 1.97. The van der Waals surface area contributed by atoms with Gasteiger partial charge in [0.05, 0.1) is 11.1 Å². The first-order valence-electron chi connectivity index (χ1n) is 8.88. The van der Waals surface area contributed by atoms with Crippen molar-refractivity contribution in [3.8, 4) is 5.69 Å². The van der Waals surface area contributed by atoms with Gasteiger partial charge < -0.3 is 0 Å². The van der Waals surface area contributed by atoms with Gasteiger partial charge in [-0.15, -0.1) is 16.4 Å². The minimum absolute atomic E-state index is 0.00440. The molecule has 5 rings (SSSR count). The second kappa shape index (κ2) is 5.89. The first-order chi connectivity index (χ1) is 12.6. The first kappa shape index (κ1) is 16.0. The maximum Gasteiger partial charge on any atom is 0.268 e. The lowest BCUT2D eigenvalue weighted by Crippen LogP contribution is -2.21. The molecule has 5 nitrogen and oxygen atoms in total. The molecule has 7 heteroatoms. The highest BCUT2D eigenvalue weighted by Crippen LogP contribution is 2.34. The van der Waals surface area contributed by atoms with Crippen molar-refractivity contribution in [1.29, 1.82) is 0 Å². The number of rotatable bonds is 1. The summed E-state index contributed by atoms with van der Waals surface area (Å²) in [5, 5.41) is 8.06. The van der Waals surface area contributed by atoms with Gasteiger partial charge in [-0.1, -0.05) is 24.1 Å². The van der Waals surface area contributed by atoms with Gasteiger partial charge in [0.2, 0.25) is 10.5 Å². The van der Waals surface area contributed by atoms with Gasteiger partial charge >= 0.3 is 0 Å². The molecule has 0 fully saturated rings. The van der Waals surface area contributed by atoms with Gasteiger partial charge in [-0.3, -0.25) is 4.79 Å². The smallest absolute Gasteiger partial charge is 0.268 e. The lowest BCUT2D eigenvalue weighted by Gasteiger charge is -2.09. The van der Waals surface area contributed by atoms with Crippen LogP contribution in [0.3, 0.4) is 0 Å². The van der Waals surface area contributed by atoms with Gasteiger partial charge in [0.25, 0.3) is 5.56 Å². The minimum Gasteiger partial charge on any atom is -0.268 e. The van der Waals surface area contributed by atoms with Crippen LogP contribution in [0.15, 0.2) is 29.1 Å². The van der Waals surface area contributed by atoms with E-state index < -0.39 is 0 Å². The molecule has 0 atom stereocenters. The Morgan fingerprint density at radius 2 is 1.92 bits per heavy atom. The van der Waals surface area contributed by atoms with Gasteiger partial charge in [0, 0.05) is 4.88 Å². The molecule has 1 aliphatic rings. The summed E-state index contributed by atoms with van der Waals surface area (Å²) in [7, 11) is 0. The fourth-order valence-corrected chi connectivity index (χ4v) is 5.52. The van der Waals surface area contributed by atoms with E-state index in [1.54, 1.807) is 15.9 Å². The molecule has 1 N–H and O–H groups in total. The largest absolute Gasteiger partial charge is 0.268 e. The average molecular weight is 383 g/mol. The van der Waals surface area contributed by atoms with Crippen LogP contribution in [-0.2, 0) is 12.8 Å². The van der Waals surface area contributed by atoms with E-state index in [2.05, 4.69) is 10.2 Å². The minimum atomic E-state index is 0.00440. The third-order valence-electron chi connectivity index (χ3n) is 5.17. The second-order valence-electron chi connectivity index (χ2n) is 6.88. The van der Waals surface area contributed by atoms with E-state index >= 15 is 0 Å². The summed E-state index contributed by atoms with van der Waals surface area (Å²) < 4.78 is 4.14. The molecule has 1 aromatic carbocycles. The molecule has 0 bridgehead atoms. The Morgan fingerprint density at radius 1 is 1.15 bits per heavy atom. The molecule has 0 unspecified atom stereocenters. The van der Waals surface area contributed by atoms with Crippen molar-refractivity contribution >= 4 is 39.5 Å². The summed E-state index contributed by atoms with van der Waals surface area (Å²) >= 11 is 7.20. The molecule has 26 heavy (non-hydrogen) atoms. The number of fused-ring (bicyclic) bond motifs is 5. The van der Waals surface area contributed by atoms with E-state index in [9.17, 15) is 4.79 Å². The van der Waals surface area contributed by atoms with Gasteiger partial charge in [0.15, 0.2) is 0 Å². The predicted octanol–water partition coefficient (Wildman–Crippen LogP) is 4.33. The monoisotopic (exact) mass is 382 g/mol. The van der Waals surface area contributed by atoms with Crippen LogP contribution in [0.5, 0.6) is 0 Å². The van der Waals surface area contributed by atoms with Gasteiger partial charge in [0.1, 0.15) is 4.83 Å².